The Balaban J connectivity index is 1.88. The summed E-state index contributed by atoms with van der Waals surface area (Å²) in [5.41, 5.74) is 0.576. The highest BCUT2D eigenvalue weighted by molar-refractivity contribution is 5.98. The number of anilines is 3. The molecule has 0 aliphatic carbocycles. The van der Waals surface area contributed by atoms with Gasteiger partial charge < -0.3 is 20.6 Å². The third kappa shape index (κ3) is 6.09. The maximum atomic E-state index is 13.9. The van der Waals surface area contributed by atoms with Crippen LogP contribution in [-0.4, -0.2) is 39.8 Å². The summed E-state index contributed by atoms with van der Waals surface area (Å²) in [7, 11) is 3.16. The second kappa shape index (κ2) is 11.5. The van der Waals surface area contributed by atoms with Crippen LogP contribution in [0.5, 0.6) is 5.75 Å². The smallest absolute Gasteiger partial charge is 0.291 e. The van der Waals surface area contributed by atoms with Crippen molar-refractivity contribution in [2.24, 2.45) is 5.41 Å². The van der Waals surface area contributed by atoms with Crippen LogP contribution in [0.1, 0.15) is 48.3 Å². The number of amides is 1. The molecule has 1 heterocycles. The third-order valence-electron chi connectivity index (χ3n) is 6.58. The molecule has 0 spiro atoms. The van der Waals surface area contributed by atoms with Crippen molar-refractivity contribution in [3.8, 4) is 5.75 Å². The van der Waals surface area contributed by atoms with Crippen LogP contribution in [-0.2, 0) is 6.54 Å². The number of para-hydroxylation sites is 1. The van der Waals surface area contributed by atoms with Crippen LogP contribution >= 0.6 is 0 Å². The Morgan fingerprint density at radius 1 is 0.925 bits per heavy atom. The highest BCUT2D eigenvalue weighted by Crippen LogP contribution is 2.37. The van der Waals surface area contributed by atoms with Crippen LogP contribution in [0.25, 0.3) is 0 Å². The van der Waals surface area contributed by atoms with Crippen molar-refractivity contribution in [3.05, 3.63) is 116 Å². The number of benzene rings is 3. The molecular weight excluding hydrogens is 506 g/mol. The summed E-state index contributed by atoms with van der Waals surface area (Å²) in [6, 6.07) is 23.3. The lowest BCUT2D eigenvalue weighted by atomic mass is 9.82. The zero-order chi connectivity index (χ0) is 29.0. The molecule has 4 aromatic rings. The molecule has 0 aliphatic heterocycles. The molecule has 9 nitrogen and oxygen atoms in total. The molecule has 0 saturated heterocycles. The van der Waals surface area contributed by atoms with E-state index in [1.165, 1.54) is 15.6 Å². The first-order chi connectivity index (χ1) is 19.0. The molecular formula is C31H35N5O4. The highest BCUT2D eigenvalue weighted by atomic mass is 16.3. The van der Waals surface area contributed by atoms with Gasteiger partial charge in [0.1, 0.15) is 11.4 Å². The fraction of sp³-hybridized carbons (Fsp3) is 0.258. The zero-order valence-corrected chi connectivity index (χ0v) is 23.4. The van der Waals surface area contributed by atoms with E-state index in [9.17, 15) is 19.5 Å². The van der Waals surface area contributed by atoms with Crippen molar-refractivity contribution < 1.29 is 9.90 Å². The summed E-state index contributed by atoms with van der Waals surface area (Å²) in [5, 5.41) is 20.0. The first-order valence-corrected chi connectivity index (χ1v) is 13.0. The van der Waals surface area contributed by atoms with Gasteiger partial charge in [-0.25, -0.2) is 4.68 Å². The molecule has 40 heavy (non-hydrogen) atoms. The number of hydrogen-bond donors (Lipinski definition) is 4. The Kier molecular flexibility index (Phi) is 8.13. The van der Waals surface area contributed by atoms with Crippen LogP contribution < -0.4 is 21.8 Å². The molecule has 4 N–H and O–H groups in total. The number of hydrogen-bond acceptors (Lipinski definition) is 6. The minimum Gasteiger partial charge on any atom is -0.505 e. The van der Waals surface area contributed by atoms with Crippen molar-refractivity contribution in [1.82, 2.24) is 14.7 Å². The quantitative estimate of drug-likeness (QED) is 0.235. The maximum absolute atomic E-state index is 13.9. The fourth-order valence-corrected chi connectivity index (χ4v) is 4.50. The number of carbonyl (C=O) groups excluding carboxylic acids is 1. The molecule has 0 aliphatic rings. The maximum Gasteiger partial charge on any atom is 0.291 e. The van der Waals surface area contributed by atoms with E-state index in [1.54, 1.807) is 26.2 Å². The topological polar surface area (TPSA) is 119 Å². The average Bonchev–Trinajstić information content (AvgIpc) is 2.92. The number of phenolic OH excluding ortho intramolecular Hbond substituents is 1. The van der Waals surface area contributed by atoms with Crippen LogP contribution in [0.15, 0.2) is 88.5 Å². The number of nitrogens with zero attached hydrogens (tertiary/aromatic N) is 2. The van der Waals surface area contributed by atoms with Gasteiger partial charge in [-0.3, -0.25) is 19.5 Å². The molecule has 0 fully saturated rings. The monoisotopic (exact) mass is 541 g/mol. The van der Waals surface area contributed by atoms with Crippen molar-refractivity contribution in [2.45, 2.75) is 33.4 Å². The predicted octanol–water partition coefficient (Wildman–Crippen LogP) is 4.94. The lowest BCUT2D eigenvalue weighted by Crippen LogP contribution is -2.36. The summed E-state index contributed by atoms with van der Waals surface area (Å²) in [5.74, 6) is -0.722. The van der Waals surface area contributed by atoms with Gasteiger partial charge in [-0.15, -0.1) is 0 Å². The number of aromatic nitrogens is 2. The molecule has 0 radical (unpaired) electrons. The Labute approximate surface area is 233 Å². The van der Waals surface area contributed by atoms with E-state index in [1.807, 2.05) is 81.4 Å². The second-order valence-corrected chi connectivity index (χ2v) is 10.9. The first kappa shape index (κ1) is 28.2. The van der Waals surface area contributed by atoms with Crippen molar-refractivity contribution in [1.29, 1.82) is 0 Å². The van der Waals surface area contributed by atoms with Gasteiger partial charge >= 0.3 is 0 Å². The van der Waals surface area contributed by atoms with Gasteiger partial charge in [-0.1, -0.05) is 87.5 Å². The van der Waals surface area contributed by atoms with E-state index in [4.69, 9.17) is 0 Å². The van der Waals surface area contributed by atoms with Crippen LogP contribution in [0.4, 0.5) is 17.1 Å². The van der Waals surface area contributed by atoms with E-state index in [-0.39, 0.29) is 46.4 Å². The summed E-state index contributed by atoms with van der Waals surface area (Å²) in [6.07, 6.45) is 0. The molecule has 9 heteroatoms. The Hall–Kier alpha value is -4.79. The normalized spacial score (nSPS) is 12.0. The zero-order valence-electron chi connectivity index (χ0n) is 23.4. The lowest BCUT2D eigenvalue weighted by molar-refractivity contribution is 0.0824. The Morgan fingerprint density at radius 2 is 1.55 bits per heavy atom. The molecule has 4 rings (SSSR count). The van der Waals surface area contributed by atoms with Crippen molar-refractivity contribution >= 4 is 23.0 Å². The van der Waals surface area contributed by atoms with Gasteiger partial charge in [0, 0.05) is 14.1 Å². The molecule has 1 aromatic heterocycles. The number of H-pyrrole nitrogens is 1. The highest BCUT2D eigenvalue weighted by Gasteiger charge is 2.29. The van der Waals surface area contributed by atoms with Gasteiger partial charge in [0.15, 0.2) is 5.75 Å². The standard InChI is InChI=1S/C31H35N5O4/c1-31(2,3)27(21-15-10-7-11-16-21)33-24-25(32-23-18-12-17-22(26(23)37)29(39)35(4)5)30(40)36(34-28(24)38)19-20-13-8-6-9-14-20/h6-18,27,32-33,37H,19H2,1-5H3,(H,34,38)/t27-/m0/s1. The summed E-state index contributed by atoms with van der Waals surface area (Å²) in [6.45, 7) is 6.25. The molecule has 1 atom stereocenters. The van der Waals surface area contributed by atoms with Gasteiger partial charge in [0.25, 0.3) is 17.0 Å². The van der Waals surface area contributed by atoms with Crippen LogP contribution in [0.3, 0.4) is 0 Å². The molecule has 3 aromatic carbocycles. The van der Waals surface area contributed by atoms with E-state index < -0.39 is 17.0 Å². The van der Waals surface area contributed by atoms with Crippen LogP contribution in [0, 0.1) is 5.41 Å². The summed E-state index contributed by atoms with van der Waals surface area (Å²) < 4.78 is 1.23. The molecule has 0 bridgehead atoms. The number of carbonyl (C=O) groups is 1. The number of rotatable bonds is 8. The number of aromatic amines is 1. The van der Waals surface area contributed by atoms with E-state index in [0.29, 0.717) is 0 Å². The lowest BCUT2D eigenvalue weighted by Gasteiger charge is -2.33. The second-order valence-electron chi connectivity index (χ2n) is 10.9. The van der Waals surface area contributed by atoms with Gasteiger partial charge in [-0.2, -0.15) is 0 Å². The average molecular weight is 542 g/mol. The van der Waals surface area contributed by atoms with Gasteiger partial charge in [0.05, 0.1) is 23.8 Å². The molecule has 0 saturated carbocycles. The van der Waals surface area contributed by atoms with Crippen LogP contribution in [0.2, 0.25) is 0 Å². The van der Waals surface area contributed by atoms with Crippen molar-refractivity contribution in [3.63, 3.8) is 0 Å². The van der Waals surface area contributed by atoms with E-state index >= 15 is 0 Å². The Morgan fingerprint density at radius 3 is 2.15 bits per heavy atom. The SMILES string of the molecule is CN(C)C(=O)c1cccc(Nc2c(N[C@@H](c3ccccc3)C(C)(C)C)c(=O)[nH]n(Cc3ccccc3)c2=O)c1O. The Bertz CT molecular complexity index is 1600. The minimum atomic E-state index is -0.511. The number of phenols is 1. The first-order valence-electron chi connectivity index (χ1n) is 13.0. The fourth-order valence-electron chi connectivity index (χ4n) is 4.50. The summed E-state index contributed by atoms with van der Waals surface area (Å²) >= 11 is 0. The number of aromatic hydroxyl groups is 1. The predicted molar refractivity (Wildman–Crippen MR) is 159 cm³/mol. The molecule has 208 valence electrons. The summed E-state index contributed by atoms with van der Waals surface area (Å²) in [4.78, 5) is 41.5. The van der Waals surface area contributed by atoms with E-state index in [0.717, 1.165) is 11.1 Å². The van der Waals surface area contributed by atoms with Gasteiger partial charge in [0.2, 0.25) is 0 Å². The molecule has 1 amide bonds. The largest absolute Gasteiger partial charge is 0.505 e. The van der Waals surface area contributed by atoms with Crippen molar-refractivity contribution in [2.75, 3.05) is 24.7 Å². The van der Waals surface area contributed by atoms with Gasteiger partial charge in [-0.05, 0) is 28.7 Å². The third-order valence-corrected chi connectivity index (χ3v) is 6.58. The number of nitrogens with one attached hydrogen (secondary N) is 3. The molecule has 0 unspecified atom stereocenters. The minimum absolute atomic E-state index is 0.0295. The van der Waals surface area contributed by atoms with E-state index in [2.05, 4.69) is 15.7 Å².